The predicted octanol–water partition coefficient (Wildman–Crippen LogP) is 4.63. The van der Waals surface area contributed by atoms with Crippen molar-refractivity contribution in [3.8, 4) is 5.75 Å². The number of nitro benzene ring substituents is 1. The van der Waals surface area contributed by atoms with E-state index in [9.17, 15) is 10.1 Å². The molecule has 0 amide bonds. The molecular weight excluding hydrogens is 360 g/mol. The minimum atomic E-state index is -0.439. The molecule has 0 aliphatic heterocycles. The van der Waals surface area contributed by atoms with Gasteiger partial charge in [0, 0.05) is 28.9 Å². The second-order valence-corrected chi connectivity index (χ2v) is 5.46. The number of rotatable bonds is 5. The van der Waals surface area contributed by atoms with Crippen molar-refractivity contribution in [3.05, 3.63) is 61.6 Å². The lowest BCUT2D eigenvalue weighted by Crippen LogP contribution is -2.03. The van der Waals surface area contributed by atoms with Crippen LogP contribution in [0.3, 0.4) is 0 Å². The van der Waals surface area contributed by atoms with E-state index >= 15 is 0 Å². The highest BCUT2D eigenvalue weighted by Crippen LogP contribution is 2.30. The van der Waals surface area contributed by atoms with Crippen molar-refractivity contribution in [1.82, 2.24) is 0 Å². The zero-order valence-electron chi connectivity index (χ0n) is 11.1. The van der Waals surface area contributed by atoms with Crippen LogP contribution in [-0.2, 0) is 6.54 Å². The van der Waals surface area contributed by atoms with Crippen molar-refractivity contribution in [2.45, 2.75) is 6.54 Å². The molecule has 0 bridgehead atoms. The number of benzene rings is 2. The first-order valence-corrected chi connectivity index (χ1v) is 7.19. The van der Waals surface area contributed by atoms with Crippen LogP contribution in [0, 0.1) is 10.1 Å². The zero-order valence-corrected chi connectivity index (χ0v) is 13.4. The number of methoxy groups -OCH3 is 1. The molecule has 2 aromatic rings. The van der Waals surface area contributed by atoms with Crippen LogP contribution in [0.15, 0.2) is 40.9 Å². The molecule has 0 spiro atoms. The van der Waals surface area contributed by atoms with E-state index in [1.165, 1.54) is 6.07 Å². The molecule has 7 heteroatoms. The summed E-state index contributed by atoms with van der Waals surface area (Å²) in [6.07, 6.45) is 0. The number of ether oxygens (including phenoxy) is 1. The highest BCUT2D eigenvalue weighted by molar-refractivity contribution is 9.10. The van der Waals surface area contributed by atoms with Crippen molar-refractivity contribution < 1.29 is 9.66 Å². The molecule has 0 fully saturated rings. The van der Waals surface area contributed by atoms with Crippen molar-refractivity contribution in [2.75, 3.05) is 12.4 Å². The van der Waals surface area contributed by atoms with E-state index in [1.54, 1.807) is 31.4 Å². The minimum absolute atomic E-state index is 0.00567. The Bertz CT molecular complexity index is 679. The van der Waals surface area contributed by atoms with Crippen LogP contribution >= 0.6 is 27.5 Å². The Kier molecular flexibility index (Phi) is 5.03. The minimum Gasteiger partial charge on any atom is -0.496 e. The van der Waals surface area contributed by atoms with Gasteiger partial charge in [0.05, 0.1) is 16.5 Å². The van der Waals surface area contributed by atoms with Crippen LogP contribution in [-0.4, -0.2) is 12.0 Å². The number of nitrogens with zero attached hydrogens (tertiary/aromatic N) is 1. The molecule has 0 aliphatic carbocycles. The molecule has 0 radical (unpaired) electrons. The van der Waals surface area contributed by atoms with Crippen LogP contribution in [0.25, 0.3) is 0 Å². The molecule has 0 heterocycles. The smallest absolute Gasteiger partial charge is 0.285 e. The van der Waals surface area contributed by atoms with Gasteiger partial charge in [-0.2, -0.15) is 0 Å². The topological polar surface area (TPSA) is 64.4 Å². The average molecular weight is 372 g/mol. The molecule has 0 aliphatic rings. The lowest BCUT2D eigenvalue weighted by molar-refractivity contribution is -0.385. The molecule has 5 nitrogen and oxygen atoms in total. The molecular formula is C14H12BrClN2O3. The van der Waals surface area contributed by atoms with Gasteiger partial charge >= 0.3 is 0 Å². The number of halogens is 2. The van der Waals surface area contributed by atoms with E-state index in [2.05, 4.69) is 21.2 Å². The maximum atomic E-state index is 10.9. The van der Waals surface area contributed by atoms with Crippen LogP contribution in [0.2, 0.25) is 5.02 Å². The fourth-order valence-corrected chi connectivity index (χ4v) is 2.48. The lowest BCUT2D eigenvalue weighted by Gasteiger charge is -2.12. The SMILES string of the molecule is COc1cccc(Cl)c1CNc1ccc(Br)c([N+](=O)[O-])c1. The molecule has 2 aromatic carbocycles. The van der Waals surface area contributed by atoms with Gasteiger partial charge in [-0.25, -0.2) is 0 Å². The number of anilines is 1. The average Bonchev–Trinajstić information content (AvgIpc) is 2.46. The molecule has 0 saturated heterocycles. The Hall–Kier alpha value is -1.79. The molecule has 21 heavy (non-hydrogen) atoms. The number of hydrogen-bond acceptors (Lipinski definition) is 4. The van der Waals surface area contributed by atoms with Gasteiger partial charge in [0.15, 0.2) is 0 Å². The van der Waals surface area contributed by atoms with Gasteiger partial charge in [-0.1, -0.05) is 17.7 Å². The molecule has 0 atom stereocenters. The third kappa shape index (κ3) is 3.65. The maximum absolute atomic E-state index is 10.9. The normalized spacial score (nSPS) is 10.2. The summed E-state index contributed by atoms with van der Waals surface area (Å²) in [7, 11) is 1.57. The summed E-state index contributed by atoms with van der Waals surface area (Å²) in [5.41, 5.74) is 1.44. The highest BCUT2D eigenvalue weighted by Gasteiger charge is 2.13. The summed E-state index contributed by atoms with van der Waals surface area (Å²) in [6, 6.07) is 10.2. The van der Waals surface area contributed by atoms with E-state index in [4.69, 9.17) is 16.3 Å². The van der Waals surface area contributed by atoms with Crippen molar-refractivity contribution in [2.24, 2.45) is 0 Å². The molecule has 0 aromatic heterocycles. The summed E-state index contributed by atoms with van der Waals surface area (Å²) < 4.78 is 5.69. The van der Waals surface area contributed by atoms with Crippen LogP contribution in [0.1, 0.15) is 5.56 Å². The summed E-state index contributed by atoms with van der Waals surface area (Å²) in [4.78, 5) is 10.5. The first-order valence-electron chi connectivity index (χ1n) is 6.02. The standard InChI is InChI=1S/C14H12BrClN2O3/c1-21-14-4-2-3-12(16)10(14)8-17-9-5-6-11(15)13(7-9)18(19)20/h2-7,17H,8H2,1H3. The van der Waals surface area contributed by atoms with E-state index < -0.39 is 4.92 Å². The van der Waals surface area contributed by atoms with Gasteiger partial charge in [-0.15, -0.1) is 0 Å². The molecule has 110 valence electrons. The van der Waals surface area contributed by atoms with Crippen LogP contribution < -0.4 is 10.1 Å². The van der Waals surface area contributed by atoms with Gasteiger partial charge < -0.3 is 10.1 Å². The fraction of sp³-hybridized carbons (Fsp3) is 0.143. The molecule has 0 unspecified atom stereocenters. The Morgan fingerprint density at radius 1 is 1.38 bits per heavy atom. The van der Waals surface area contributed by atoms with Gasteiger partial charge in [-0.3, -0.25) is 10.1 Å². The van der Waals surface area contributed by atoms with Gasteiger partial charge in [-0.05, 0) is 40.2 Å². The first kappa shape index (κ1) is 15.6. The van der Waals surface area contributed by atoms with E-state index in [0.717, 1.165) is 5.56 Å². The summed E-state index contributed by atoms with van der Waals surface area (Å²) in [5, 5.41) is 14.6. The van der Waals surface area contributed by atoms with Gasteiger partial charge in [0.2, 0.25) is 0 Å². The second kappa shape index (κ2) is 6.78. The Balaban J connectivity index is 2.21. The summed E-state index contributed by atoms with van der Waals surface area (Å²) in [6.45, 7) is 0.404. The van der Waals surface area contributed by atoms with Crippen molar-refractivity contribution in [1.29, 1.82) is 0 Å². The Labute approximate surface area is 135 Å². The Morgan fingerprint density at radius 2 is 2.14 bits per heavy atom. The number of nitro groups is 1. The fourth-order valence-electron chi connectivity index (χ4n) is 1.85. The largest absolute Gasteiger partial charge is 0.496 e. The first-order chi connectivity index (χ1) is 10.0. The lowest BCUT2D eigenvalue weighted by atomic mass is 10.2. The highest BCUT2D eigenvalue weighted by atomic mass is 79.9. The van der Waals surface area contributed by atoms with E-state index in [-0.39, 0.29) is 5.69 Å². The van der Waals surface area contributed by atoms with E-state index in [0.29, 0.717) is 27.5 Å². The second-order valence-electron chi connectivity index (χ2n) is 4.20. The molecule has 0 saturated carbocycles. The third-order valence-electron chi connectivity index (χ3n) is 2.91. The van der Waals surface area contributed by atoms with Crippen molar-refractivity contribution in [3.63, 3.8) is 0 Å². The van der Waals surface area contributed by atoms with Crippen molar-refractivity contribution >= 4 is 38.9 Å². The van der Waals surface area contributed by atoms with Gasteiger partial charge in [0.1, 0.15) is 5.75 Å². The zero-order chi connectivity index (χ0) is 15.4. The number of nitrogens with one attached hydrogen (secondary N) is 1. The van der Waals surface area contributed by atoms with Crippen LogP contribution in [0.5, 0.6) is 5.75 Å². The molecule has 1 N–H and O–H groups in total. The summed E-state index contributed by atoms with van der Waals surface area (Å²) >= 11 is 9.30. The quantitative estimate of drug-likeness (QED) is 0.614. The number of hydrogen-bond donors (Lipinski definition) is 1. The third-order valence-corrected chi connectivity index (χ3v) is 3.93. The monoisotopic (exact) mass is 370 g/mol. The molecule has 2 rings (SSSR count). The predicted molar refractivity (Wildman–Crippen MR) is 86.1 cm³/mol. The summed E-state index contributed by atoms with van der Waals surface area (Å²) in [5.74, 6) is 0.668. The van der Waals surface area contributed by atoms with E-state index in [1.807, 2.05) is 6.07 Å². The van der Waals surface area contributed by atoms with Gasteiger partial charge in [0.25, 0.3) is 5.69 Å². The Morgan fingerprint density at radius 3 is 2.81 bits per heavy atom. The maximum Gasteiger partial charge on any atom is 0.285 e. The van der Waals surface area contributed by atoms with Crippen LogP contribution in [0.4, 0.5) is 11.4 Å².